The third-order valence-electron chi connectivity index (χ3n) is 3.47. The van der Waals surface area contributed by atoms with E-state index in [1.165, 1.54) is 32.1 Å². The first-order valence-corrected chi connectivity index (χ1v) is 6.52. The van der Waals surface area contributed by atoms with Crippen molar-refractivity contribution < 1.29 is 0 Å². The van der Waals surface area contributed by atoms with Crippen molar-refractivity contribution in [2.45, 2.75) is 38.6 Å². The number of rotatable bonds is 4. The van der Waals surface area contributed by atoms with Crippen LogP contribution in [-0.4, -0.2) is 16.1 Å². The summed E-state index contributed by atoms with van der Waals surface area (Å²) in [7, 11) is 1.95. The van der Waals surface area contributed by atoms with Crippen LogP contribution < -0.4 is 5.32 Å². The van der Waals surface area contributed by atoms with Gasteiger partial charge in [-0.25, -0.2) is 4.98 Å². The first-order chi connectivity index (χ1) is 7.77. The number of imidazole rings is 1. The third-order valence-corrected chi connectivity index (χ3v) is 3.82. The molecule has 0 atom stereocenters. The first-order valence-electron chi connectivity index (χ1n) is 6.14. The summed E-state index contributed by atoms with van der Waals surface area (Å²) >= 11 is 5.93. The van der Waals surface area contributed by atoms with Gasteiger partial charge in [-0.3, -0.25) is 0 Å². The van der Waals surface area contributed by atoms with Crippen LogP contribution in [0.4, 0.5) is 0 Å². The molecule has 1 aromatic rings. The fraction of sp³-hybridized carbons (Fsp3) is 0.750. The fourth-order valence-corrected chi connectivity index (χ4v) is 2.51. The second-order valence-corrected chi connectivity index (χ2v) is 5.08. The van der Waals surface area contributed by atoms with Gasteiger partial charge in [0.05, 0.1) is 12.7 Å². The van der Waals surface area contributed by atoms with Crippen molar-refractivity contribution >= 4 is 11.6 Å². The molecule has 0 unspecified atom stereocenters. The van der Waals surface area contributed by atoms with Gasteiger partial charge in [-0.2, -0.15) is 0 Å². The van der Waals surface area contributed by atoms with Crippen molar-refractivity contribution in [2.75, 3.05) is 6.54 Å². The van der Waals surface area contributed by atoms with Crippen molar-refractivity contribution in [3.63, 3.8) is 0 Å². The Kier molecular flexibility index (Phi) is 4.24. The van der Waals surface area contributed by atoms with Crippen LogP contribution in [0.5, 0.6) is 0 Å². The molecule has 3 nitrogen and oxygen atoms in total. The number of halogens is 1. The molecule has 16 heavy (non-hydrogen) atoms. The van der Waals surface area contributed by atoms with Gasteiger partial charge in [-0.05, 0) is 25.3 Å². The minimum absolute atomic E-state index is 0.703. The lowest BCUT2D eigenvalue weighted by atomic mass is 9.89. The minimum Gasteiger partial charge on any atom is -0.321 e. The van der Waals surface area contributed by atoms with Crippen LogP contribution in [0.2, 0.25) is 5.15 Å². The highest BCUT2D eigenvalue weighted by atomic mass is 35.5. The Morgan fingerprint density at radius 3 is 2.81 bits per heavy atom. The summed E-state index contributed by atoms with van der Waals surface area (Å²) in [5.41, 5.74) is 0. The second kappa shape index (κ2) is 5.69. The Balaban J connectivity index is 1.73. The van der Waals surface area contributed by atoms with Crippen LogP contribution in [0.25, 0.3) is 0 Å². The summed E-state index contributed by atoms with van der Waals surface area (Å²) in [5.74, 6) is 1.88. The number of hydrogen-bond donors (Lipinski definition) is 1. The predicted molar refractivity (Wildman–Crippen MR) is 66.5 cm³/mol. The average molecular weight is 242 g/mol. The van der Waals surface area contributed by atoms with Crippen molar-refractivity contribution in [1.29, 1.82) is 0 Å². The van der Waals surface area contributed by atoms with Crippen LogP contribution in [-0.2, 0) is 13.6 Å². The van der Waals surface area contributed by atoms with Crippen molar-refractivity contribution in [3.05, 3.63) is 17.2 Å². The van der Waals surface area contributed by atoms with E-state index >= 15 is 0 Å². The molecule has 2 rings (SSSR count). The number of hydrogen-bond acceptors (Lipinski definition) is 2. The lowest BCUT2D eigenvalue weighted by molar-refractivity contribution is 0.340. The van der Waals surface area contributed by atoms with Gasteiger partial charge in [0.15, 0.2) is 0 Å². The summed E-state index contributed by atoms with van der Waals surface area (Å²) in [6.45, 7) is 1.93. The van der Waals surface area contributed by atoms with Crippen molar-refractivity contribution in [2.24, 2.45) is 13.0 Å². The zero-order valence-corrected chi connectivity index (χ0v) is 10.6. The van der Waals surface area contributed by atoms with Gasteiger partial charge in [0.25, 0.3) is 0 Å². The highest BCUT2D eigenvalue weighted by Gasteiger charge is 2.13. The molecule has 0 aliphatic heterocycles. The van der Waals surface area contributed by atoms with Crippen molar-refractivity contribution in [1.82, 2.24) is 14.9 Å². The van der Waals surface area contributed by atoms with Gasteiger partial charge in [0, 0.05) is 7.05 Å². The maximum atomic E-state index is 5.93. The Labute approximate surface area is 102 Å². The number of aromatic nitrogens is 2. The highest BCUT2D eigenvalue weighted by Crippen LogP contribution is 2.22. The zero-order chi connectivity index (χ0) is 11.4. The molecule has 0 radical (unpaired) electrons. The molecule has 0 bridgehead atoms. The first kappa shape index (κ1) is 11.9. The molecule has 1 aliphatic carbocycles. The Morgan fingerprint density at radius 1 is 1.44 bits per heavy atom. The monoisotopic (exact) mass is 241 g/mol. The van der Waals surface area contributed by atoms with E-state index < -0.39 is 0 Å². The summed E-state index contributed by atoms with van der Waals surface area (Å²) in [6, 6.07) is 0. The summed E-state index contributed by atoms with van der Waals surface area (Å²) < 4.78 is 1.93. The number of nitrogens with one attached hydrogen (secondary N) is 1. The molecule has 0 aromatic carbocycles. The molecule has 1 fully saturated rings. The molecular formula is C12H20ClN3. The molecule has 0 amide bonds. The lowest BCUT2D eigenvalue weighted by Crippen LogP contribution is -2.25. The maximum absolute atomic E-state index is 5.93. The van der Waals surface area contributed by atoms with E-state index in [1.807, 2.05) is 11.6 Å². The van der Waals surface area contributed by atoms with Gasteiger partial charge in [0.1, 0.15) is 11.0 Å². The van der Waals surface area contributed by atoms with E-state index in [4.69, 9.17) is 11.6 Å². The van der Waals surface area contributed by atoms with E-state index in [9.17, 15) is 0 Å². The Bertz CT molecular complexity index is 329. The highest BCUT2D eigenvalue weighted by molar-refractivity contribution is 6.29. The summed E-state index contributed by atoms with van der Waals surface area (Å²) in [6.07, 6.45) is 8.70. The molecule has 1 saturated carbocycles. The average Bonchev–Trinajstić information content (AvgIpc) is 2.62. The van der Waals surface area contributed by atoms with Crippen LogP contribution in [0.3, 0.4) is 0 Å². The van der Waals surface area contributed by atoms with E-state index in [0.29, 0.717) is 5.15 Å². The Morgan fingerprint density at radius 2 is 2.19 bits per heavy atom. The van der Waals surface area contributed by atoms with Gasteiger partial charge < -0.3 is 9.88 Å². The van der Waals surface area contributed by atoms with Gasteiger partial charge in [-0.15, -0.1) is 0 Å². The van der Waals surface area contributed by atoms with E-state index in [1.54, 1.807) is 6.20 Å². The topological polar surface area (TPSA) is 29.9 Å². The summed E-state index contributed by atoms with van der Waals surface area (Å²) in [4.78, 5) is 4.27. The van der Waals surface area contributed by atoms with Crippen LogP contribution in [0.1, 0.15) is 37.9 Å². The van der Waals surface area contributed by atoms with Gasteiger partial charge in [-0.1, -0.05) is 30.9 Å². The molecule has 0 saturated heterocycles. The van der Waals surface area contributed by atoms with Gasteiger partial charge >= 0.3 is 0 Å². The zero-order valence-electron chi connectivity index (χ0n) is 9.88. The molecule has 4 heteroatoms. The molecule has 1 aromatic heterocycles. The smallest absolute Gasteiger partial charge is 0.128 e. The lowest BCUT2D eigenvalue weighted by Gasteiger charge is -2.21. The molecule has 1 N–H and O–H groups in total. The van der Waals surface area contributed by atoms with E-state index in [2.05, 4.69) is 10.3 Å². The van der Waals surface area contributed by atoms with Crippen molar-refractivity contribution in [3.8, 4) is 0 Å². The SMILES string of the molecule is Cn1c(Cl)cnc1CNCC1CCCCC1. The maximum Gasteiger partial charge on any atom is 0.128 e. The quantitative estimate of drug-likeness (QED) is 0.879. The standard InChI is InChI=1S/C12H20ClN3/c1-16-11(13)8-15-12(16)9-14-7-10-5-3-2-4-6-10/h8,10,14H,2-7,9H2,1H3. The van der Waals surface area contributed by atoms with Crippen LogP contribution >= 0.6 is 11.6 Å². The Hall–Kier alpha value is -0.540. The fourth-order valence-electron chi connectivity index (χ4n) is 2.37. The van der Waals surface area contributed by atoms with E-state index in [0.717, 1.165) is 24.8 Å². The predicted octanol–water partition coefficient (Wildman–Crippen LogP) is 2.74. The van der Waals surface area contributed by atoms with Crippen LogP contribution in [0, 0.1) is 5.92 Å². The van der Waals surface area contributed by atoms with Crippen LogP contribution in [0.15, 0.2) is 6.20 Å². The molecule has 1 aliphatic rings. The number of nitrogens with zero attached hydrogens (tertiary/aromatic N) is 2. The molecule has 1 heterocycles. The molecule has 0 spiro atoms. The van der Waals surface area contributed by atoms with Gasteiger partial charge in [0.2, 0.25) is 0 Å². The molecular weight excluding hydrogens is 222 g/mol. The second-order valence-electron chi connectivity index (χ2n) is 4.69. The minimum atomic E-state index is 0.703. The normalized spacial score (nSPS) is 17.9. The summed E-state index contributed by atoms with van der Waals surface area (Å²) in [5, 5.41) is 4.19. The molecule has 90 valence electrons. The van der Waals surface area contributed by atoms with E-state index in [-0.39, 0.29) is 0 Å². The third kappa shape index (κ3) is 2.98. The largest absolute Gasteiger partial charge is 0.321 e.